The molecule has 0 amide bonds. The van der Waals surface area contributed by atoms with E-state index in [1.54, 1.807) is 12.1 Å². The number of alkyl halides is 1. The predicted octanol–water partition coefficient (Wildman–Crippen LogP) is 4.21. The van der Waals surface area contributed by atoms with Crippen molar-refractivity contribution in [1.29, 1.82) is 0 Å². The molecule has 1 aromatic heterocycles. The molecular weight excluding hydrogens is 236 g/mol. The molecule has 0 aliphatic heterocycles. The first-order chi connectivity index (χ1) is 8.27. The largest absolute Gasteiger partial charge is 0.423 e. The van der Waals surface area contributed by atoms with Gasteiger partial charge in [-0.2, -0.15) is 0 Å². The van der Waals surface area contributed by atoms with Gasteiger partial charge in [0.05, 0.1) is 0 Å². The molecule has 0 spiro atoms. The Bertz CT molecular complexity index is 487. The van der Waals surface area contributed by atoms with Crippen LogP contribution in [0.1, 0.15) is 26.2 Å². The molecular formula is C14H17ClO2. The quantitative estimate of drug-likeness (QED) is 0.465. The van der Waals surface area contributed by atoms with E-state index in [0.717, 1.165) is 11.3 Å². The molecule has 2 nitrogen and oxygen atoms in total. The highest BCUT2D eigenvalue weighted by Crippen LogP contribution is 2.08. The Morgan fingerprint density at radius 2 is 1.88 bits per heavy atom. The predicted molar refractivity (Wildman–Crippen MR) is 72.7 cm³/mol. The first kappa shape index (κ1) is 13.8. The van der Waals surface area contributed by atoms with Gasteiger partial charge in [0.1, 0.15) is 5.58 Å². The number of unbranched alkanes of at least 4 members (excludes halogenated alkanes) is 2. The maximum atomic E-state index is 10.7. The van der Waals surface area contributed by atoms with Crippen molar-refractivity contribution in [2.75, 3.05) is 5.88 Å². The molecule has 0 atom stereocenters. The van der Waals surface area contributed by atoms with Crippen LogP contribution in [0.15, 0.2) is 45.6 Å². The Kier molecular flexibility index (Phi) is 6.41. The van der Waals surface area contributed by atoms with Gasteiger partial charge in [0.2, 0.25) is 0 Å². The van der Waals surface area contributed by atoms with Gasteiger partial charge in [-0.1, -0.05) is 38.0 Å². The molecule has 2 rings (SSSR count). The second kappa shape index (κ2) is 7.91. The number of fused-ring (bicyclic) bond motifs is 1. The van der Waals surface area contributed by atoms with Crippen LogP contribution < -0.4 is 5.63 Å². The molecule has 0 radical (unpaired) electrons. The zero-order valence-electron chi connectivity index (χ0n) is 9.99. The van der Waals surface area contributed by atoms with Gasteiger partial charge in [-0.15, -0.1) is 11.6 Å². The maximum Gasteiger partial charge on any atom is 0.336 e. The minimum Gasteiger partial charge on any atom is -0.423 e. The van der Waals surface area contributed by atoms with Gasteiger partial charge in [0.15, 0.2) is 0 Å². The molecule has 1 heterocycles. The van der Waals surface area contributed by atoms with E-state index in [-0.39, 0.29) is 5.63 Å². The molecule has 0 aliphatic carbocycles. The molecule has 0 saturated carbocycles. The van der Waals surface area contributed by atoms with E-state index in [9.17, 15) is 4.79 Å². The summed E-state index contributed by atoms with van der Waals surface area (Å²) in [4.78, 5) is 10.7. The lowest BCUT2D eigenvalue weighted by molar-refractivity contribution is 0.561. The minimum atomic E-state index is -0.302. The van der Waals surface area contributed by atoms with Crippen LogP contribution in [0.5, 0.6) is 0 Å². The van der Waals surface area contributed by atoms with E-state index in [2.05, 4.69) is 6.92 Å². The zero-order valence-corrected chi connectivity index (χ0v) is 10.7. The van der Waals surface area contributed by atoms with Crippen LogP contribution in [0, 0.1) is 0 Å². The van der Waals surface area contributed by atoms with Gasteiger partial charge in [-0.3, -0.25) is 0 Å². The van der Waals surface area contributed by atoms with Gasteiger partial charge in [0.25, 0.3) is 0 Å². The van der Waals surface area contributed by atoms with Crippen molar-refractivity contribution >= 4 is 22.6 Å². The second-order valence-electron chi connectivity index (χ2n) is 3.69. The summed E-state index contributed by atoms with van der Waals surface area (Å²) in [5.41, 5.74) is 0.337. The van der Waals surface area contributed by atoms with Gasteiger partial charge < -0.3 is 4.42 Å². The van der Waals surface area contributed by atoms with Crippen molar-refractivity contribution in [2.45, 2.75) is 26.2 Å². The number of hydrogen-bond acceptors (Lipinski definition) is 2. The van der Waals surface area contributed by atoms with Crippen LogP contribution in [0.4, 0.5) is 0 Å². The first-order valence-electron chi connectivity index (χ1n) is 5.82. The maximum absolute atomic E-state index is 10.7. The molecule has 0 fully saturated rings. The molecule has 0 aliphatic rings. The van der Waals surface area contributed by atoms with Crippen molar-refractivity contribution in [3.05, 3.63) is 46.8 Å². The molecule has 17 heavy (non-hydrogen) atoms. The van der Waals surface area contributed by atoms with Crippen molar-refractivity contribution < 1.29 is 4.42 Å². The smallest absolute Gasteiger partial charge is 0.336 e. The fourth-order valence-electron chi connectivity index (χ4n) is 1.36. The van der Waals surface area contributed by atoms with E-state index >= 15 is 0 Å². The molecule has 0 saturated heterocycles. The van der Waals surface area contributed by atoms with Crippen LogP contribution in [-0.4, -0.2) is 5.88 Å². The summed E-state index contributed by atoms with van der Waals surface area (Å²) < 4.78 is 4.91. The number of halogens is 1. The lowest BCUT2D eigenvalue weighted by Crippen LogP contribution is -1.93. The number of benzene rings is 1. The van der Waals surface area contributed by atoms with Crippen LogP contribution in [-0.2, 0) is 0 Å². The summed E-state index contributed by atoms with van der Waals surface area (Å²) >= 11 is 5.38. The normalized spacial score (nSPS) is 9.76. The van der Waals surface area contributed by atoms with Gasteiger partial charge >= 0.3 is 5.63 Å². The topological polar surface area (TPSA) is 30.2 Å². The monoisotopic (exact) mass is 252 g/mol. The Labute approximate surface area is 106 Å². The SMILES string of the molecule is CCCCCCl.O=c1ccc2ccccc2o1. The van der Waals surface area contributed by atoms with Crippen molar-refractivity contribution in [3.8, 4) is 0 Å². The molecule has 2 aromatic rings. The Hall–Kier alpha value is -1.28. The summed E-state index contributed by atoms with van der Waals surface area (Å²) in [5.74, 6) is 0.827. The third-order valence-electron chi connectivity index (χ3n) is 2.27. The molecule has 1 aromatic carbocycles. The standard InChI is InChI=1S/C9H6O2.C5H11Cl/c10-9-6-5-7-3-1-2-4-8(7)11-9;1-2-3-4-5-6/h1-6H;2-5H2,1H3. The second-order valence-corrected chi connectivity index (χ2v) is 4.07. The number of rotatable bonds is 3. The number of para-hydroxylation sites is 1. The molecule has 3 heteroatoms. The Morgan fingerprint density at radius 1 is 1.12 bits per heavy atom. The molecule has 92 valence electrons. The number of hydrogen-bond donors (Lipinski definition) is 0. The average molecular weight is 253 g/mol. The van der Waals surface area contributed by atoms with Crippen LogP contribution in [0.25, 0.3) is 11.0 Å². The van der Waals surface area contributed by atoms with E-state index in [1.807, 2.05) is 18.2 Å². The summed E-state index contributed by atoms with van der Waals surface area (Å²) in [6.45, 7) is 2.17. The highest BCUT2D eigenvalue weighted by Gasteiger charge is 1.92. The third kappa shape index (κ3) is 5.05. The minimum absolute atomic E-state index is 0.302. The van der Waals surface area contributed by atoms with Gasteiger partial charge in [-0.05, 0) is 18.6 Å². The van der Waals surface area contributed by atoms with Crippen molar-refractivity contribution in [1.82, 2.24) is 0 Å². The summed E-state index contributed by atoms with van der Waals surface area (Å²) in [6, 6.07) is 10.6. The Balaban J connectivity index is 0.000000209. The van der Waals surface area contributed by atoms with Crippen molar-refractivity contribution in [3.63, 3.8) is 0 Å². The summed E-state index contributed by atoms with van der Waals surface area (Å²) in [6.07, 6.45) is 3.73. The highest BCUT2D eigenvalue weighted by atomic mass is 35.5. The molecule has 0 bridgehead atoms. The van der Waals surface area contributed by atoms with Gasteiger partial charge in [0, 0.05) is 17.3 Å². The molecule has 0 unspecified atom stereocenters. The van der Waals surface area contributed by atoms with Crippen LogP contribution in [0.2, 0.25) is 0 Å². The summed E-state index contributed by atoms with van der Waals surface area (Å²) in [5, 5.41) is 0.951. The summed E-state index contributed by atoms with van der Waals surface area (Å²) in [7, 11) is 0. The molecule has 0 N–H and O–H groups in total. The average Bonchev–Trinajstić information content (AvgIpc) is 2.37. The third-order valence-corrected chi connectivity index (χ3v) is 2.53. The van der Waals surface area contributed by atoms with E-state index < -0.39 is 0 Å². The zero-order chi connectivity index (χ0) is 12.5. The van der Waals surface area contributed by atoms with E-state index in [4.69, 9.17) is 16.0 Å². The fraction of sp³-hybridized carbons (Fsp3) is 0.357. The lowest BCUT2D eigenvalue weighted by Gasteiger charge is -1.91. The van der Waals surface area contributed by atoms with Crippen molar-refractivity contribution in [2.24, 2.45) is 0 Å². The van der Waals surface area contributed by atoms with E-state index in [1.165, 1.54) is 25.3 Å². The first-order valence-corrected chi connectivity index (χ1v) is 6.36. The fourth-order valence-corrected chi connectivity index (χ4v) is 1.54. The van der Waals surface area contributed by atoms with Crippen LogP contribution >= 0.6 is 11.6 Å². The lowest BCUT2D eigenvalue weighted by atomic mass is 10.2. The Morgan fingerprint density at radius 3 is 2.53 bits per heavy atom. The van der Waals surface area contributed by atoms with Crippen LogP contribution in [0.3, 0.4) is 0 Å². The highest BCUT2D eigenvalue weighted by molar-refractivity contribution is 6.17. The van der Waals surface area contributed by atoms with Gasteiger partial charge in [-0.25, -0.2) is 4.79 Å². The van der Waals surface area contributed by atoms with E-state index in [0.29, 0.717) is 5.58 Å².